The van der Waals surface area contributed by atoms with E-state index in [-0.39, 0.29) is 21.8 Å². The van der Waals surface area contributed by atoms with Gasteiger partial charge in [0, 0.05) is 12.4 Å². The van der Waals surface area contributed by atoms with Crippen LogP contribution in [0.5, 0.6) is 11.5 Å². The van der Waals surface area contributed by atoms with E-state index in [1.807, 2.05) is 0 Å². The minimum atomic E-state index is -4.08. The van der Waals surface area contributed by atoms with Crippen LogP contribution < -0.4 is 9.46 Å². The summed E-state index contributed by atoms with van der Waals surface area (Å²) in [6.07, 6.45) is 3.18. The fourth-order valence-electron chi connectivity index (χ4n) is 3.19. The summed E-state index contributed by atoms with van der Waals surface area (Å²) in [7, 11) is -4.08. The zero-order chi connectivity index (χ0) is 22.2. The lowest BCUT2D eigenvalue weighted by Gasteiger charge is -2.15. The lowest BCUT2D eigenvalue weighted by atomic mass is 10.1. The predicted molar refractivity (Wildman–Crippen MR) is 118 cm³/mol. The molecule has 4 rings (SSSR count). The number of ether oxygens (including phenoxy) is 1. The second-order valence-electron chi connectivity index (χ2n) is 6.71. The fourth-order valence-corrected chi connectivity index (χ4v) is 5.40. The molecule has 0 saturated heterocycles. The minimum Gasteiger partial charge on any atom is -0.478 e. The minimum absolute atomic E-state index is 0.0153. The normalized spacial score (nSPS) is 11.4. The number of fused-ring (bicyclic) bond motifs is 1. The Labute approximate surface area is 182 Å². The molecule has 0 aliphatic heterocycles. The maximum Gasteiger partial charge on any atom is 0.339 e. The van der Waals surface area contributed by atoms with Crippen LogP contribution in [0, 0.1) is 13.8 Å². The number of carbonyl (C=O) groups is 1. The average molecular weight is 456 g/mol. The van der Waals surface area contributed by atoms with E-state index in [0.29, 0.717) is 27.3 Å². The maximum absolute atomic E-state index is 13.2. The summed E-state index contributed by atoms with van der Waals surface area (Å²) in [4.78, 5) is 20.0. The number of sulfonamides is 1. The molecule has 4 aromatic rings. The van der Waals surface area contributed by atoms with Gasteiger partial charge in [-0.3, -0.25) is 14.7 Å². The molecule has 31 heavy (non-hydrogen) atoms. The number of aromatic carboxylic acids is 1. The molecule has 3 aromatic heterocycles. The molecule has 0 radical (unpaired) electrons. The highest BCUT2D eigenvalue weighted by atomic mass is 32.2. The highest BCUT2D eigenvalue weighted by molar-refractivity contribution is 7.92. The van der Waals surface area contributed by atoms with E-state index in [2.05, 4.69) is 14.7 Å². The number of carboxylic acids is 1. The van der Waals surface area contributed by atoms with E-state index in [0.717, 1.165) is 0 Å². The van der Waals surface area contributed by atoms with Crippen molar-refractivity contribution in [3.63, 3.8) is 0 Å². The van der Waals surface area contributed by atoms with Crippen LogP contribution in [-0.4, -0.2) is 29.5 Å². The smallest absolute Gasteiger partial charge is 0.339 e. The first-order valence-electron chi connectivity index (χ1n) is 9.09. The van der Waals surface area contributed by atoms with Gasteiger partial charge in [0.05, 0.1) is 26.5 Å². The highest BCUT2D eigenvalue weighted by Gasteiger charge is 2.25. The van der Waals surface area contributed by atoms with Crippen molar-refractivity contribution in [1.29, 1.82) is 0 Å². The molecule has 0 aliphatic rings. The van der Waals surface area contributed by atoms with Gasteiger partial charge in [0.2, 0.25) is 0 Å². The van der Waals surface area contributed by atoms with Crippen LogP contribution in [0.4, 0.5) is 5.69 Å². The molecule has 0 aliphatic carbocycles. The quantitative estimate of drug-likeness (QED) is 0.436. The van der Waals surface area contributed by atoms with Crippen molar-refractivity contribution in [2.24, 2.45) is 0 Å². The Morgan fingerprint density at radius 1 is 1.10 bits per heavy atom. The van der Waals surface area contributed by atoms with E-state index >= 15 is 0 Å². The fraction of sp³-hybridized carbons (Fsp3) is 0.0952. The number of benzene rings is 1. The summed E-state index contributed by atoms with van der Waals surface area (Å²) < 4.78 is 35.0. The van der Waals surface area contributed by atoms with Crippen LogP contribution >= 0.6 is 11.3 Å². The largest absolute Gasteiger partial charge is 0.478 e. The topological polar surface area (TPSA) is 118 Å². The molecule has 3 heterocycles. The van der Waals surface area contributed by atoms with Crippen molar-refractivity contribution >= 4 is 43.2 Å². The van der Waals surface area contributed by atoms with Gasteiger partial charge in [-0.1, -0.05) is 0 Å². The molecule has 2 N–H and O–H groups in total. The number of anilines is 1. The van der Waals surface area contributed by atoms with Crippen LogP contribution in [0.15, 0.2) is 59.1 Å². The molecule has 10 heteroatoms. The lowest BCUT2D eigenvalue weighted by molar-refractivity contribution is 0.0697. The molecule has 0 atom stereocenters. The Balaban J connectivity index is 1.73. The summed E-state index contributed by atoms with van der Waals surface area (Å²) in [5.74, 6) is -0.216. The van der Waals surface area contributed by atoms with Gasteiger partial charge in [-0.15, -0.1) is 11.3 Å². The third kappa shape index (κ3) is 4.07. The molecule has 0 amide bonds. The Morgan fingerprint density at radius 2 is 1.84 bits per heavy atom. The van der Waals surface area contributed by atoms with E-state index < -0.39 is 16.0 Å². The SMILES string of the molecule is Cc1cc(Oc2ccncc2)ccc1S(=O)(=O)Nc1c(C(=O)O)c(C)nc2ccsc12. The molecule has 8 nitrogen and oxygen atoms in total. The van der Waals surface area contributed by atoms with Crippen LogP contribution in [0.1, 0.15) is 21.6 Å². The number of pyridine rings is 2. The molecule has 0 bridgehead atoms. The van der Waals surface area contributed by atoms with Gasteiger partial charge in [-0.2, -0.15) is 0 Å². The van der Waals surface area contributed by atoms with Crippen molar-refractivity contribution in [2.75, 3.05) is 4.72 Å². The summed E-state index contributed by atoms with van der Waals surface area (Å²) in [6.45, 7) is 3.18. The molecule has 1 aromatic carbocycles. The van der Waals surface area contributed by atoms with Gasteiger partial charge in [0.1, 0.15) is 17.1 Å². The molecule has 0 fully saturated rings. The van der Waals surface area contributed by atoms with Gasteiger partial charge in [0.25, 0.3) is 10.0 Å². The van der Waals surface area contributed by atoms with Gasteiger partial charge >= 0.3 is 5.97 Å². The Hall–Kier alpha value is -3.50. The second-order valence-corrected chi connectivity index (χ2v) is 9.27. The summed E-state index contributed by atoms with van der Waals surface area (Å²) >= 11 is 1.22. The summed E-state index contributed by atoms with van der Waals surface area (Å²) in [6, 6.07) is 9.66. The second kappa shape index (κ2) is 7.97. The monoisotopic (exact) mass is 455 g/mol. The number of hydrogen-bond acceptors (Lipinski definition) is 7. The number of rotatable bonds is 6. The average Bonchev–Trinajstić information content (AvgIpc) is 3.16. The Morgan fingerprint density at radius 3 is 2.52 bits per heavy atom. The van der Waals surface area contributed by atoms with Gasteiger partial charge in [-0.05, 0) is 61.2 Å². The van der Waals surface area contributed by atoms with Crippen molar-refractivity contribution in [3.8, 4) is 11.5 Å². The molecule has 158 valence electrons. The number of nitrogens with zero attached hydrogens (tertiary/aromatic N) is 2. The first kappa shape index (κ1) is 20.8. The van der Waals surface area contributed by atoms with Crippen molar-refractivity contribution < 1.29 is 23.1 Å². The first-order chi connectivity index (χ1) is 14.8. The zero-order valence-corrected chi connectivity index (χ0v) is 18.1. The molecule has 0 saturated carbocycles. The molecule has 0 spiro atoms. The lowest BCUT2D eigenvalue weighted by Crippen LogP contribution is -2.18. The first-order valence-corrected chi connectivity index (χ1v) is 11.4. The molecule has 0 unspecified atom stereocenters. The maximum atomic E-state index is 13.2. The van der Waals surface area contributed by atoms with E-state index in [1.165, 1.54) is 24.3 Å². The van der Waals surface area contributed by atoms with E-state index in [4.69, 9.17) is 4.74 Å². The third-order valence-corrected chi connectivity index (χ3v) is 6.97. The number of thiophene rings is 1. The van der Waals surface area contributed by atoms with E-state index in [1.54, 1.807) is 55.0 Å². The number of hydrogen-bond donors (Lipinski definition) is 2. The van der Waals surface area contributed by atoms with Crippen LogP contribution in [0.3, 0.4) is 0 Å². The molecular formula is C21H17N3O5S2. The van der Waals surface area contributed by atoms with Gasteiger partial charge in [-0.25, -0.2) is 13.2 Å². The summed E-state index contributed by atoms with van der Waals surface area (Å²) in [5.41, 5.74) is 1.05. The van der Waals surface area contributed by atoms with Crippen molar-refractivity contribution in [2.45, 2.75) is 18.7 Å². The van der Waals surface area contributed by atoms with Crippen LogP contribution in [0.25, 0.3) is 10.2 Å². The zero-order valence-electron chi connectivity index (χ0n) is 16.5. The molecular weight excluding hydrogens is 438 g/mol. The predicted octanol–water partition coefficient (Wildman–Crippen LogP) is 4.60. The van der Waals surface area contributed by atoms with Crippen LogP contribution in [0.2, 0.25) is 0 Å². The Kier molecular flexibility index (Phi) is 5.34. The standard InChI is InChI=1S/C21H17N3O5S2/c1-12-11-15(29-14-5-8-22-9-6-14)3-4-17(12)31(27,28)24-19-18(21(25)26)13(2)23-16-7-10-30-20(16)19/h3-11H,1-2H3,(H,23,24)(H,25,26). The van der Waals surface area contributed by atoms with Gasteiger partial charge < -0.3 is 9.84 Å². The van der Waals surface area contributed by atoms with E-state index in [9.17, 15) is 18.3 Å². The number of aryl methyl sites for hydroxylation is 2. The van der Waals surface area contributed by atoms with Crippen LogP contribution in [-0.2, 0) is 10.0 Å². The highest BCUT2D eigenvalue weighted by Crippen LogP contribution is 2.35. The van der Waals surface area contributed by atoms with Gasteiger partial charge in [0.15, 0.2) is 0 Å². The van der Waals surface area contributed by atoms with Crippen molar-refractivity contribution in [1.82, 2.24) is 9.97 Å². The number of aromatic nitrogens is 2. The number of carboxylic acid groups (broad SMARTS) is 1. The number of nitrogens with one attached hydrogen (secondary N) is 1. The van der Waals surface area contributed by atoms with Crippen molar-refractivity contribution in [3.05, 3.63) is 71.0 Å². The Bertz CT molecular complexity index is 1400. The third-order valence-electron chi connectivity index (χ3n) is 4.54. The summed E-state index contributed by atoms with van der Waals surface area (Å²) in [5, 5.41) is 11.4.